The summed E-state index contributed by atoms with van der Waals surface area (Å²) in [5.74, 6) is 0.00190. The molecule has 2 aromatic carbocycles. The minimum Gasteiger partial charge on any atom is -0.491 e. The number of amides is 3. The number of carbonyl (C=O) groups is 3. The minimum atomic E-state index is -1.13. The van der Waals surface area contributed by atoms with E-state index in [1.165, 1.54) is 12.1 Å². The van der Waals surface area contributed by atoms with Gasteiger partial charge in [-0.15, -0.1) is 0 Å². The van der Waals surface area contributed by atoms with Gasteiger partial charge in [0.25, 0.3) is 0 Å². The Kier molecular flexibility index (Phi) is 12.3. The van der Waals surface area contributed by atoms with Crippen molar-refractivity contribution in [2.75, 3.05) is 51.1 Å². The highest BCUT2D eigenvalue weighted by Crippen LogP contribution is 2.37. The number of hydrogen-bond donors (Lipinski definition) is 6. The summed E-state index contributed by atoms with van der Waals surface area (Å²) in [7, 11) is 1.62. The number of nitrogens with one attached hydrogen (secondary N) is 2. The Morgan fingerprint density at radius 1 is 0.943 bits per heavy atom. The second kappa shape index (κ2) is 17.2. The molecule has 53 heavy (non-hydrogen) atoms. The first kappa shape index (κ1) is 37.9. The summed E-state index contributed by atoms with van der Waals surface area (Å²) in [5.41, 5.74) is 21.7. The van der Waals surface area contributed by atoms with Gasteiger partial charge in [-0.25, -0.2) is 14.8 Å². The lowest BCUT2D eigenvalue weighted by molar-refractivity contribution is 0.0991. The molecule has 0 aliphatic rings. The molecule has 17 heteroatoms. The number of carbonyl (C=O) groups excluding carboxylic acids is 2. The first-order valence-electron chi connectivity index (χ1n) is 17.0. The summed E-state index contributed by atoms with van der Waals surface area (Å²) in [6.45, 7) is 6.41. The third kappa shape index (κ3) is 8.93. The molecule has 0 radical (unpaired) electrons. The van der Waals surface area contributed by atoms with Crippen LogP contribution in [0.15, 0.2) is 48.7 Å². The zero-order chi connectivity index (χ0) is 38.1. The van der Waals surface area contributed by atoms with Gasteiger partial charge in [-0.1, -0.05) is 12.2 Å². The number of methoxy groups -OCH3 is 1. The summed E-state index contributed by atoms with van der Waals surface area (Å²) >= 11 is 0. The van der Waals surface area contributed by atoms with Crippen LogP contribution >= 0.6 is 0 Å². The van der Waals surface area contributed by atoms with Crippen LogP contribution in [0.3, 0.4) is 0 Å². The number of nitrogens with zero attached hydrogens (tertiary/aromatic N) is 5. The summed E-state index contributed by atoms with van der Waals surface area (Å²) in [4.78, 5) is 44.8. The van der Waals surface area contributed by atoms with E-state index in [0.29, 0.717) is 90.6 Å². The maximum atomic E-state index is 12.4. The highest BCUT2D eigenvalue weighted by Gasteiger charge is 2.21. The SMILES string of the molecule is CCn1nc(C)cc1-c1ncc2c3cc(C(N)=O)cc(OCCCOC)c3n(C/C=C/CNc3c(N)cc(C(N)=O)cc3OCCCNC(=O)O)c2n1. The van der Waals surface area contributed by atoms with E-state index in [2.05, 4.69) is 15.7 Å². The number of carboxylic acid groups (broad SMARTS) is 1. The number of nitrogen functional groups attached to an aromatic ring is 1. The fourth-order valence-electron chi connectivity index (χ4n) is 5.83. The number of anilines is 2. The lowest BCUT2D eigenvalue weighted by Gasteiger charge is -2.16. The van der Waals surface area contributed by atoms with Crippen molar-refractivity contribution >= 4 is 51.2 Å². The fraction of sp³-hybridized carbons (Fsp3) is 0.333. The first-order valence-corrected chi connectivity index (χ1v) is 17.0. The topological polar surface area (TPSA) is 250 Å². The Bertz CT molecular complexity index is 2160. The number of aromatic nitrogens is 5. The molecule has 17 nitrogen and oxygen atoms in total. The number of hydrogen-bond acceptors (Lipinski definition) is 11. The summed E-state index contributed by atoms with van der Waals surface area (Å²) in [6.07, 6.45) is 5.46. The Morgan fingerprint density at radius 2 is 1.66 bits per heavy atom. The maximum absolute atomic E-state index is 12.4. The van der Waals surface area contributed by atoms with Crippen molar-refractivity contribution in [2.24, 2.45) is 11.5 Å². The Labute approximate surface area is 305 Å². The molecule has 0 spiro atoms. The van der Waals surface area contributed by atoms with Crippen LogP contribution in [0.4, 0.5) is 16.2 Å². The Morgan fingerprint density at radius 3 is 2.38 bits per heavy atom. The maximum Gasteiger partial charge on any atom is 0.404 e. The predicted molar refractivity (Wildman–Crippen MR) is 200 cm³/mol. The van der Waals surface area contributed by atoms with Crippen LogP contribution in [0.25, 0.3) is 33.5 Å². The van der Waals surface area contributed by atoms with Crippen LogP contribution in [0.2, 0.25) is 0 Å². The molecule has 3 amide bonds. The molecule has 9 N–H and O–H groups in total. The van der Waals surface area contributed by atoms with Crippen molar-refractivity contribution in [3.05, 3.63) is 65.5 Å². The van der Waals surface area contributed by atoms with Crippen molar-refractivity contribution in [2.45, 2.75) is 39.8 Å². The van der Waals surface area contributed by atoms with Crippen LogP contribution < -0.4 is 37.3 Å². The van der Waals surface area contributed by atoms with E-state index in [0.717, 1.165) is 11.4 Å². The monoisotopic (exact) mass is 728 g/mol. The van der Waals surface area contributed by atoms with E-state index < -0.39 is 17.9 Å². The zero-order valence-corrected chi connectivity index (χ0v) is 29.8. The molecule has 0 aliphatic carbocycles. The highest BCUT2D eigenvalue weighted by molar-refractivity contribution is 6.11. The van der Waals surface area contributed by atoms with Crippen LogP contribution in [0.5, 0.6) is 11.5 Å². The number of allylic oxidation sites excluding steroid dienone is 1. The van der Waals surface area contributed by atoms with E-state index in [9.17, 15) is 14.4 Å². The molecular weight excluding hydrogens is 684 g/mol. The second-order valence-corrected chi connectivity index (χ2v) is 12.0. The largest absolute Gasteiger partial charge is 0.491 e. The van der Waals surface area contributed by atoms with Crippen LogP contribution in [-0.4, -0.2) is 87.3 Å². The van der Waals surface area contributed by atoms with Crippen LogP contribution in [0.1, 0.15) is 46.2 Å². The normalized spacial score (nSPS) is 11.4. The standard InChI is InChI=1S/C36H44N10O7/c1-4-46-27(15-21(2)44-46)34-42-20-25-24-16-22(32(38)47)19-29(53-14-8-12-51-3)31(24)45(35(25)43-34)11-6-5-9-40-30-26(37)17-23(33(39)48)18-28(30)52-13-7-10-41-36(49)50/h5-6,15-20,40-41H,4,7-14,37H2,1-3H3,(H2,38,47)(H2,39,48)(H,49,50)/b6-5+. The molecule has 0 fully saturated rings. The molecule has 0 saturated heterocycles. The lowest BCUT2D eigenvalue weighted by Crippen LogP contribution is -2.23. The first-order chi connectivity index (χ1) is 25.5. The number of rotatable bonds is 19. The summed E-state index contributed by atoms with van der Waals surface area (Å²) in [5, 5.41) is 20.3. The quantitative estimate of drug-likeness (QED) is 0.0405. The molecule has 0 unspecified atom stereocenters. The number of nitrogens with two attached hydrogens (primary N) is 3. The fourth-order valence-corrected chi connectivity index (χ4v) is 5.83. The van der Waals surface area contributed by atoms with E-state index in [1.807, 2.05) is 41.3 Å². The van der Waals surface area contributed by atoms with Gasteiger partial charge in [-0.05, 0) is 50.6 Å². The van der Waals surface area contributed by atoms with Crippen LogP contribution in [-0.2, 0) is 17.8 Å². The van der Waals surface area contributed by atoms with Crippen LogP contribution in [0, 0.1) is 6.92 Å². The van der Waals surface area contributed by atoms with Gasteiger partial charge in [0.1, 0.15) is 28.5 Å². The highest BCUT2D eigenvalue weighted by atomic mass is 16.5. The van der Waals surface area contributed by atoms with Gasteiger partial charge >= 0.3 is 6.09 Å². The predicted octanol–water partition coefficient (Wildman–Crippen LogP) is 3.68. The van der Waals surface area contributed by atoms with Gasteiger partial charge in [0, 0.05) is 74.4 Å². The molecule has 5 rings (SSSR count). The van der Waals surface area contributed by atoms with Crippen molar-refractivity contribution in [3.8, 4) is 23.0 Å². The Hall–Kier alpha value is -6.36. The van der Waals surface area contributed by atoms with Crippen molar-refractivity contribution in [3.63, 3.8) is 0 Å². The van der Waals surface area contributed by atoms with Crippen molar-refractivity contribution in [1.29, 1.82) is 0 Å². The van der Waals surface area contributed by atoms with Crippen molar-refractivity contribution in [1.82, 2.24) is 29.6 Å². The molecule has 0 aliphatic heterocycles. The van der Waals surface area contributed by atoms with Gasteiger partial charge in [0.05, 0.1) is 30.1 Å². The summed E-state index contributed by atoms with van der Waals surface area (Å²) in [6, 6.07) is 8.25. The number of primary amides is 2. The minimum absolute atomic E-state index is 0.163. The van der Waals surface area contributed by atoms with Gasteiger partial charge in [-0.3, -0.25) is 14.3 Å². The molecule has 3 aromatic heterocycles. The molecule has 3 heterocycles. The second-order valence-electron chi connectivity index (χ2n) is 12.0. The number of benzene rings is 2. The van der Waals surface area contributed by atoms with E-state index in [1.54, 1.807) is 25.4 Å². The summed E-state index contributed by atoms with van der Waals surface area (Å²) < 4.78 is 21.1. The average molecular weight is 729 g/mol. The zero-order valence-electron chi connectivity index (χ0n) is 29.8. The smallest absolute Gasteiger partial charge is 0.404 e. The van der Waals surface area contributed by atoms with E-state index >= 15 is 0 Å². The van der Waals surface area contributed by atoms with E-state index in [-0.39, 0.29) is 30.0 Å². The third-order valence-corrected chi connectivity index (χ3v) is 8.25. The van der Waals surface area contributed by atoms with Gasteiger partial charge < -0.3 is 51.7 Å². The van der Waals surface area contributed by atoms with Crippen molar-refractivity contribution < 1.29 is 33.7 Å². The molecule has 5 aromatic rings. The van der Waals surface area contributed by atoms with Gasteiger partial charge in [-0.2, -0.15) is 5.10 Å². The van der Waals surface area contributed by atoms with Gasteiger partial charge in [0.2, 0.25) is 11.8 Å². The lowest BCUT2D eigenvalue weighted by atomic mass is 10.1. The number of aryl methyl sites for hydroxylation is 2. The third-order valence-electron chi connectivity index (χ3n) is 8.25. The van der Waals surface area contributed by atoms with Gasteiger partial charge in [0.15, 0.2) is 5.82 Å². The Balaban J connectivity index is 1.49. The number of ether oxygens (including phenoxy) is 3. The number of fused-ring (bicyclic) bond motifs is 3. The molecule has 280 valence electrons. The van der Waals surface area contributed by atoms with E-state index in [4.69, 9.17) is 46.5 Å². The molecule has 0 saturated carbocycles. The molecule has 0 atom stereocenters. The average Bonchev–Trinajstić information content (AvgIpc) is 3.66. The molecular formula is C36H44N10O7. The molecule has 0 bridgehead atoms.